The number of para-hydroxylation sites is 1. The molecule has 0 fully saturated rings. The number of benzene rings is 2. The zero-order valence-electron chi connectivity index (χ0n) is 16.9. The van der Waals surface area contributed by atoms with Gasteiger partial charge in [0.2, 0.25) is 0 Å². The molecule has 1 amide bonds. The van der Waals surface area contributed by atoms with E-state index in [9.17, 15) is 9.59 Å². The van der Waals surface area contributed by atoms with Crippen molar-refractivity contribution >= 4 is 22.8 Å². The minimum absolute atomic E-state index is 0.273. The van der Waals surface area contributed by atoms with Gasteiger partial charge in [-0.05, 0) is 30.7 Å². The van der Waals surface area contributed by atoms with E-state index in [0.717, 1.165) is 16.5 Å². The number of hydrogen-bond donors (Lipinski definition) is 1. The quantitative estimate of drug-likeness (QED) is 0.621. The van der Waals surface area contributed by atoms with Crippen LogP contribution in [0.25, 0.3) is 10.9 Å². The lowest BCUT2D eigenvalue weighted by atomic mass is 10.2. The number of nitrogens with one attached hydrogen (secondary N) is 1. The van der Waals surface area contributed by atoms with Crippen molar-refractivity contribution in [1.29, 1.82) is 0 Å². The molecule has 2 aromatic carbocycles. The third-order valence-corrected chi connectivity index (χ3v) is 4.68. The van der Waals surface area contributed by atoms with Gasteiger partial charge in [-0.25, -0.2) is 4.79 Å². The van der Waals surface area contributed by atoms with E-state index in [-0.39, 0.29) is 12.5 Å². The Kier molecular flexibility index (Phi) is 6.07. The molecule has 0 aliphatic heterocycles. The topological polar surface area (TPSA) is 78.8 Å². The molecule has 1 heterocycles. The van der Waals surface area contributed by atoms with Crippen molar-refractivity contribution in [1.82, 2.24) is 9.88 Å². The van der Waals surface area contributed by atoms with Gasteiger partial charge in [0.25, 0.3) is 5.91 Å². The molecule has 1 unspecified atom stereocenters. The molecule has 1 N–H and O–H groups in total. The molecule has 29 heavy (non-hydrogen) atoms. The first-order chi connectivity index (χ1) is 13.9. The predicted molar refractivity (Wildman–Crippen MR) is 109 cm³/mol. The third-order valence-electron chi connectivity index (χ3n) is 4.68. The number of rotatable bonds is 7. The Morgan fingerprint density at radius 1 is 1.07 bits per heavy atom. The summed E-state index contributed by atoms with van der Waals surface area (Å²) in [5, 5.41) is 3.56. The molecule has 0 saturated carbocycles. The van der Waals surface area contributed by atoms with Gasteiger partial charge in [-0.2, -0.15) is 0 Å². The Bertz CT molecular complexity index is 1040. The molecule has 0 bridgehead atoms. The second kappa shape index (κ2) is 8.68. The van der Waals surface area contributed by atoms with Crippen LogP contribution in [0.5, 0.6) is 11.5 Å². The lowest BCUT2D eigenvalue weighted by Crippen LogP contribution is -2.35. The van der Waals surface area contributed by atoms with E-state index in [1.165, 1.54) is 0 Å². The van der Waals surface area contributed by atoms with E-state index >= 15 is 0 Å². The van der Waals surface area contributed by atoms with E-state index in [2.05, 4.69) is 5.32 Å². The van der Waals surface area contributed by atoms with Crippen LogP contribution < -0.4 is 14.8 Å². The van der Waals surface area contributed by atoms with Crippen LogP contribution in [0, 0.1) is 0 Å². The SMILES string of the molecule is COc1ccc(CNC(=O)C(C)OC(=O)c2cn(C)c3ccccc23)cc1OC. The molecule has 1 atom stereocenters. The summed E-state index contributed by atoms with van der Waals surface area (Å²) in [6.07, 6.45) is 0.781. The Balaban J connectivity index is 1.62. The van der Waals surface area contributed by atoms with Gasteiger partial charge < -0.3 is 24.1 Å². The Labute approximate surface area is 169 Å². The molecule has 0 saturated heterocycles. The normalized spacial score (nSPS) is 11.7. The fraction of sp³-hybridized carbons (Fsp3) is 0.273. The van der Waals surface area contributed by atoms with Gasteiger partial charge in [0.1, 0.15) is 0 Å². The Hall–Kier alpha value is -3.48. The fourth-order valence-electron chi connectivity index (χ4n) is 3.11. The van der Waals surface area contributed by atoms with Gasteiger partial charge in [-0.1, -0.05) is 24.3 Å². The molecule has 0 spiro atoms. The number of fused-ring (bicyclic) bond motifs is 1. The van der Waals surface area contributed by atoms with Crippen LogP contribution in [0.2, 0.25) is 0 Å². The maximum absolute atomic E-state index is 12.6. The van der Waals surface area contributed by atoms with Gasteiger partial charge in [0.05, 0.1) is 19.8 Å². The highest BCUT2D eigenvalue weighted by Crippen LogP contribution is 2.27. The molecule has 3 aromatic rings. The zero-order valence-corrected chi connectivity index (χ0v) is 16.9. The molecule has 7 heteroatoms. The lowest BCUT2D eigenvalue weighted by Gasteiger charge is -2.14. The summed E-state index contributed by atoms with van der Waals surface area (Å²) in [5.74, 6) is 0.276. The van der Waals surface area contributed by atoms with Crippen molar-refractivity contribution < 1.29 is 23.8 Å². The van der Waals surface area contributed by atoms with E-state index < -0.39 is 12.1 Å². The summed E-state index contributed by atoms with van der Waals surface area (Å²) in [7, 11) is 4.97. The molecular weight excluding hydrogens is 372 g/mol. The number of carbonyl (C=O) groups is 2. The largest absolute Gasteiger partial charge is 0.493 e. The number of ether oxygens (including phenoxy) is 3. The van der Waals surface area contributed by atoms with Crippen LogP contribution >= 0.6 is 0 Å². The second-order valence-corrected chi connectivity index (χ2v) is 6.63. The summed E-state index contributed by atoms with van der Waals surface area (Å²) < 4.78 is 17.7. The van der Waals surface area contributed by atoms with Gasteiger partial charge in [0.15, 0.2) is 17.6 Å². The summed E-state index contributed by atoms with van der Waals surface area (Å²) in [6.45, 7) is 1.82. The monoisotopic (exact) mass is 396 g/mol. The molecule has 152 valence electrons. The molecule has 0 aliphatic carbocycles. The van der Waals surface area contributed by atoms with Crippen LogP contribution in [0.3, 0.4) is 0 Å². The van der Waals surface area contributed by atoms with Crippen LogP contribution in [0.4, 0.5) is 0 Å². The summed E-state index contributed by atoms with van der Waals surface area (Å²) >= 11 is 0. The van der Waals surface area contributed by atoms with E-state index in [1.54, 1.807) is 39.5 Å². The summed E-state index contributed by atoms with van der Waals surface area (Å²) in [6, 6.07) is 12.9. The van der Waals surface area contributed by atoms with Gasteiger partial charge in [-0.15, -0.1) is 0 Å². The second-order valence-electron chi connectivity index (χ2n) is 6.63. The molecule has 3 rings (SSSR count). The maximum Gasteiger partial charge on any atom is 0.341 e. The van der Waals surface area contributed by atoms with Crippen molar-refractivity contribution in [3.63, 3.8) is 0 Å². The summed E-state index contributed by atoms with van der Waals surface area (Å²) in [5.41, 5.74) is 2.19. The number of aromatic nitrogens is 1. The predicted octanol–water partition coefficient (Wildman–Crippen LogP) is 3.06. The number of hydrogen-bond acceptors (Lipinski definition) is 5. The number of nitrogens with zero attached hydrogens (tertiary/aromatic N) is 1. The third kappa shape index (κ3) is 4.34. The van der Waals surface area contributed by atoms with Crippen molar-refractivity contribution in [2.24, 2.45) is 7.05 Å². The molecule has 0 aliphatic rings. The highest BCUT2D eigenvalue weighted by molar-refractivity contribution is 6.05. The molecular formula is C22H24N2O5. The first-order valence-electron chi connectivity index (χ1n) is 9.18. The number of carbonyl (C=O) groups excluding carboxylic acids is 2. The number of aryl methyl sites for hydroxylation is 1. The fourth-order valence-corrected chi connectivity index (χ4v) is 3.11. The van der Waals surface area contributed by atoms with Gasteiger partial charge in [-0.3, -0.25) is 4.79 Å². The summed E-state index contributed by atoms with van der Waals surface area (Å²) in [4.78, 5) is 24.9. The maximum atomic E-state index is 12.6. The average molecular weight is 396 g/mol. The van der Waals surface area contributed by atoms with E-state index in [1.807, 2.05) is 41.9 Å². The lowest BCUT2D eigenvalue weighted by molar-refractivity contribution is -0.129. The Morgan fingerprint density at radius 2 is 1.79 bits per heavy atom. The van der Waals surface area contributed by atoms with Gasteiger partial charge in [0, 0.05) is 30.7 Å². The van der Waals surface area contributed by atoms with Crippen molar-refractivity contribution in [2.75, 3.05) is 14.2 Å². The molecule has 1 aromatic heterocycles. The zero-order chi connectivity index (χ0) is 21.0. The van der Waals surface area contributed by atoms with Crippen LogP contribution in [0.1, 0.15) is 22.8 Å². The van der Waals surface area contributed by atoms with Crippen molar-refractivity contribution in [3.8, 4) is 11.5 Å². The average Bonchev–Trinajstić information content (AvgIpc) is 3.08. The van der Waals surface area contributed by atoms with Crippen molar-refractivity contribution in [2.45, 2.75) is 19.6 Å². The molecule has 0 radical (unpaired) electrons. The number of esters is 1. The minimum Gasteiger partial charge on any atom is -0.493 e. The van der Waals surface area contributed by atoms with E-state index in [4.69, 9.17) is 14.2 Å². The number of amides is 1. The first kappa shape index (κ1) is 20.3. The van der Waals surface area contributed by atoms with Crippen molar-refractivity contribution in [3.05, 3.63) is 59.8 Å². The highest BCUT2D eigenvalue weighted by Gasteiger charge is 2.21. The highest BCUT2D eigenvalue weighted by atomic mass is 16.5. The Morgan fingerprint density at radius 3 is 2.52 bits per heavy atom. The smallest absolute Gasteiger partial charge is 0.341 e. The van der Waals surface area contributed by atoms with Crippen LogP contribution in [0.15, 0.2) is 48.7 Å². The minimum atomic E-state index is -0.929. The molecule has 7 nitrogen and oxygen atoms in total. The van der Waals surface area contributed by atoms with Gasteiger partial charge >= 0.3 is 5.97 Å². The van der Waals surface area contributed by atoms with Crippen LogP contribution in [-0.2, 0) is 23.1 Å². The number of methoxy groups -OCH3 is 2. The standard InChI is InChI=1S/C22H24N2O5/c1-14(21(25)23-12-15-9-10-19(27-3)20(11-15)28-4)29-22(26)17-13-24(2)18-8-6-5-7-16(17)18/h5-11,13-14H,12H2,1-4H3,(H,23,25). The van der Waals surface area contributed by atoms with Crippen LogP contribution in [-0.4, -0.2) is 36.8 Å². The van der Waals surface area contributed by atoms with E-state index in [0.29, 0.717) is 17.1 Å². The first-order valence-corrected chi connectivity index (χ1v) is 9.18.